The molecule has 0 aliphatic carbocycles. The Kier molecular flexibility index (Phi) is 7.31. The summed E-state index contributed by atoms with van der Waals surface area (Å²) in [6, 6.07) is 10.1. The van der Waals surface area contributed by atoms with E-state index >= 15 is 0 Å². The zero-order valence-electron chi connectivity index (χ0n) is 13.5. The van der Waals surface area contributed by atoms with Crippen LogP contribution in [0.2, 0.25) is 5.02 Å². The number of hydrogen-bond donors (Lipinski definition) is 2. The maximum Gasteiger partial charge on any atom is 0.166 e. The van der Waals surface area contributed by atoms with Crippen molar-refractivity contribution in [1.29, 1.82) is 0 Å². The van der Waals surface area contributed by atoms with Gasteiger partial charge in [0.15, 0.2) is 11.5 Å². The Bertz CT molecular complexity index is 646. The molecule has 24 heavy (non-hydrogen) atoms. The van der Waals surface area contributed by atoms with Gasteiger partial charge in [0.1, 0.15) is 12.4 Å². The molecule has 0 aliphatic heterocycles. The van der Waals surface area contributed by atoms with Gasteiger partial charge in [-0.25, -0.2) is 4.39 Å². The summed E-state index contributed by atoms with van der Waals surface area (Å²) in [6.07, 6.45) is 0.672. The SMILES string of the molecule is COc1cccc(CNCCCO)c1OCc1c(F)cccc1Cl. The monoisotopic (exact) mass is 353 g/mol. The third kappa shape index (κ3) is 4.84. The fourth-order valence-corrected chi connectivity index (χ4v) is 2.48. The average molecular weight is 354 g/mol. The molecule has 0 amide bonds. The molecule has 0 spiro atoms. The molecule has 2 N–H and O–H groups in total. The lowest BCUT2D eigenvalue weighted by molar-refractivity contribution is 0.274. The van der Waals surface area contributed by atoms with Crippen LogP contribution in [0.25, 0.3) is 0 Å². The molecule has 0 saturated carbocycles. The van der Waals surface area contributed by atoms with Crippen molar-refractivity contribution in [2.75, 3.05) is 20.3 Å². The van der Waals surface area contributed by atoms with Crippen molar-refractivity contribution in [1.82, 2.24) is 5.32 Å². The van der Waals surface area contributed by atoms with Crippen molar-refractivity contribution in [3.8, 4) is 11.5 Å². The summed E-state index contributed by atoms with van der Waals surface area (Å²) >= 11 is 6.04. The molecule has 0 atom stereocenters. The summed E-state index contributed by atoms with van der Waals surface area (Å²) in [6.45, 7) is 1.39. The topological polar surface area (TPSA) is 50.7 Å². The molecule has 0 fully saturated rings. The number of aliphatic hydroxyl groups is 1. The molecule has 0 bridgehead atoms. The Morgan fingerprint density at radius 3 is 2.71 bits per heavy atom. The van der Waals surface area contributed by atoms with E-state index in [1.807, 2.05) is 12.1 Å². The van der Waals surface area contributed by atoms with E-state index < -0.39 is 5.82 Å². The van der Waals surface area contributed by atoms with Gasteiger partial charge in [0, 0.05) is 24.3 Å². The number of halogens is 2. The number of rotatable bonds is 9. The summed E-state index contributed by atoms with van der Waals surface area (Å²) in [7, 11) is 1.56. The molecule has 2 rings (SSSR count). The highest BCUT2D eigenvalue weighted by Crippen LogP contribution is 2.32. The first-order chi connectivity index (χ1) is 11.7. The highest BCUT2D eigenvalue weighted by atomic mass is 35.5. The van der Waals surface area contributed by atoms with Crippen molar-refractivity contribution >= 4 is 11.6 Å². The maximum atomic E-state index is 13.9. The Morgan fingerprint density at radius 2 is 2.00 bits per heavy atom. The minimum atomic E-state index is -0.403. The van der Waals surface area contributed by atoms with Crippen LogP contribution in [0.15, 0.2) is 36.4 Å². The number of hydrogen-bond acceptors (Lipinski definition) is 4. The normalized spacial score (nSPS) is 10.7. The van der Waals surface area contributed by atoms with Crippen LogP contribution in [-0.4, -0.2) is 25.4 Å². The molecule has 130 valence electrons. The number of benzene rings is 2. The largest absolute Gasteiger partial charge is 0.493 e. The van der Waals surface area contributed by atoms with Gasteiger partial charge in [-0.3, -0.25) is 0 Å². The lowest BCUT2D eigenvalue weighted by atomic mass is 10.1. The second-order valence-electron chi connectivity index (χ2n) is 5.19. The van der Waals surface area contributed by atoms with E-state index in [9.17, 15) is 4.39 Å². The smallest absolute Gasteiger partial charge is 0.166 e. The second-order valence-corrected chi connectivity index (χ2v) is 5.60. The molecular weight excluding hydrogens is 333 g/mol. The van der Waals surface area contributed by atoms with E-state index in [4.69, 9.17) is 26.2 Å². The van der Waals surface area contributed by atoms with Crippen LogP contribution in [0.3, 0.4) is 0 Å². The van der Waals surface area contributed by atoms with Gasteiger partial charge in [0.25, 0.3) is 0 Å². The van der Waals surface area contributed by atoms with Crippen molar-refractivity contribution in [2.24, 2.45) is 0 Å². The number of aliphatic hydroxyl groups excluding tert-OH is 1. The minimum Gasteiger partial charge on any atom is -0.493 e. The molecule has 0 aliphatic rings. The van der Waals surface area contributed by atoms with Crippen LogP contribution in [0.5, 0.6) is 11.5 Å². The fourth-order valence-electron chi connectivity index (χ4n) is 2.27. The van der Waals surface area contributed by atoms with Crippen molar-refractivity contribution in [3.63, 3.8) is 0 Å². The summed E-state index contributed by atoms with van der Waals surface area (Å²) < 4.78 is 25.1. The van der Waals surface area contributed by atoms with Crippen LogP contribution in [0.1, 0.15) is 17.5 Å². The quantitative estimate of drug-likeness (QED) is 0.677. The van der Waals surface area contributed by atoms with Gasteiger partial charge in [-0.2, -0.15) is 0 Å². The summed E-state index contributed by atoms with van der Waals surface area (Å²) in [5.74, 6) is 0.722. The molecule has 0 radical (unpaired) electrons. The number of ether oxygens (including phenoxy) is 2. The molecule has 0 aromatic heterocycles. The van der Waals surface area contributed by atoms with Gasteiger partial charge in [0.05, 0.1) is 12.1 Å². The molecule has 4 nitrogen and oxygen atoms in total. The van der Waals surface area contributed by atoms with Gasteiger partial charge < -0.3 is 19.9 Å². The summed E-state index contributed by atoms with van der Waals surface area (Å²) in [4.78, 5) is 0. The Hall–Kier alpha value is -1.82. The predicted molar refractivity (Wildman–Crippen MR) is 92.1 cm³/mol. The van der Waals surface area contributed by atoms with Crippen molar-refractivity contribution < 1.29 is 19.0 Å². The predicted octanol–water partition coefficient (Wildman–Crippen LogP) is 3.54. The van der Waals surface area contributed by atoms with E-state index in [1.54, 1.807) is 25.3 Å². The first kappa shape index (κ1) is 18.5. The fraction of sp³-hybridized carbons (Fsp3) is 0.333. The van der Waals surface area contributed by atoms with Gasteiger partial charge in [0.2, 0.25) is 0 Å². The lowest BCUT2D eigenvalue weighted by Gasteiger charge is -2.16. The molecular formula is C18H21ClFNO3. The minimum absolute atomic E-state index is 0.00944. The molecule has 2 aromatic rings. The third-order valence-corrected chi connectivity index (χ3v) is 3.88. The first-order valence-electron chi connectivity index (χ1n) is 7.70. The van der Waals surface area contributed by atoms with Gasteiger partial charge in [-0.1, -0.05) is 29.8 Å². The molecule has 0 saturated heterocycles. The van der Waals surface area contributed by atoms with E-state index in [2.05, 4.69) is 5.32 Å². The third-order valence-electron chi connectivity index (χ3n) is 3.53. The molecule has 2 aromatic carbocycles. The van der Waals surface area contributed by atoms with Gasteiger partial charge in [-0.05, 0) is 31.2 Å². The highest BCUT2D eigenvalue weighted by molar-refractivity contribution is 6.31. The average Bonchev–Trinajstić information content (AvgIpc) is 2.59. The maximum absolute atomic E-state index is 13.9. The van der Waals surface area contributed by atoms with E-state index in [0.29, 0.717) is 41.6 Å². The van der Waals surface area contributed by atoms with Gasteiger partial charge in [-0.15, -0.1) is 0 Å². The van der Waals surface area contributed by atoms with Crippen LogP contribution in [0.4, 0.5) is 4.39 Å². The summed E-state index contributed by atoms with van der Waals surface area (Å²) in [5.41, 5.74) is 1.20. The standard InChI is InChI=1S/C18H21ClFNO3/c1-23-17-8-2-5-13(11-21-9-4-10-22)18(17)24-12-14-15(19)6-3-7-16(14)20/h2-3,5-8,21-22H,4,9-12H2,1H3. The van der Waals surface area contributed by atoms with Crippen LogP contribution in [0, 0.1) is 5.82 Å². The van der Waals surface area contributed by atoms with Crippen molar-refractivity contribution in [2.45, 2.75) is 19.6 Å². The first-order valence-corrected chi connectivity index (χ1v) is 8.08. The zero-order valence-corrected chi connectivity index (χ0v) is 14.3. The van der Waals surface area contributed by atoms with E-state index in [0.717, 1.165) is 5.56 Å². The second kappa shape index (κ2) is 9.47. The Morgan fingerprint density at radius 1 is 1.21 bits per heavy atom. The van der Waals surface area contributed by atoms with Crippen LogP contribution in [-0.2, 0) is 13.2 Å². The van der Waals surface area contributed by atoms with E-state index in [1.165, 1.54) is 6.07 Å². The Labute approximate surface area is 146 Å². The Balaban J connectivity index is 2.15. The number of nitrogens with one attached hydrogen (secondary N) is 1. The van der Waals surface area contributed by atoms with Gasteiger partial charge >= 0.3 is 0 Å². The highest BCUT2D eigenvalue weighted by Gasteiger charge is 2.13. The molecule has 0 heterocycles. The molecule has 0 unspecified atom stereocenters. The molecule has 6 heteroatoms. The zero-order chi connectivity index (χ0) is 17.4. The lowest BCUT2D eigenvalue weighted by Crippen LogP contribution is -2.16. The van der Waals surface area contributed by atoms with Crippen LogP contribution >= 0.6 is 11.6 Å². The summed E-state index contributed by atoms with van der Waals surface area (Å²) in [5, 5.41) is 12.4. The van der Waals surface area contributed by atoms with E-state index in [-0.39, 0.29) is 13.2 Å². The number of methoxy groups -OCH3 is 1. The van der Waals surface area contributed by atoms with Crippen LogP contribution < -0.4 is 14.8 Å². The number of para-hydroxylation sites is 1. The van der Waals surface area contributed by atoms with Crippen molar-refractivity contribution in [3.05, 3.63) is 58.4 Å².